The van der Waals surface area contributed by atoms with Crippen LogP contribution in [0.4, 0.5) is 8.78 Å². The van der Waals surface area contributed by atoms with Gasteiger partial charge in [0.1, 0.15) is 0 Å². The molecule has 0 spiro atoms. The molecule has 0 aromatic rings. The summed E-state index contributed by atoms with van der Waals surface area (Å²) in [7, 11) is 5.45. The van der Waals surface area contributed by atoms with Crippen molar-refractivity contribution in [2.24, 2.45) is 17.8 Å². The Kier molecular flexibility index (Phi) is 3.36. The molecule has 0 amide bonds. The van der Waals surface area contributed by atoms with Crippen molar-refractivity contribution in [2.75, 3.05) is 0 Å². The van der Waals surface area contributed by atoms with Gasteiger partial charge in [-0.05, 0) is 24.2 Å². The molecule has 0 heterocycles. The second-order valence-electron chi connectivity index (χ2n) is 4.61. The van der Waals surface area contributed by atoms with Gasteiger partial charge in [-0.15, -0.1) is 0 Å². The molecule has 13 heavy (non-hydrogen) atoms. The molecule has 0 aliphatic heterocycles. The molecule has 0 aromatic carbocycles. The summed E-state index contributed by atoms with van der Waals surface area (Å²) in [5.41, 5.74) is 0. The third-order valence-corrected chi connectivity index (χ3v) is 3.06. The number of hydrogen-bond donors (Lipinski definition) is 0. The van der Waals surface area contributed by atoms with Gasteiger partial charge in [0.2, 0.25) is 5.92 Å². The first-order chi connectivity index (χ1) is 5.94. The summed E-state index contributed by atoms with van der Waals surface area (Å²) >= 11 is 0. The SMILES string of the molecule is [B]CC1CC(C(C)C)CC(F)(F)C1. The molecule has 0 aromatic heterocycles. The molecule has 1 aliphatic carbocycles. The third kappa shape index (κ3) is 2.96. The van der Waals surface area contributed by atoms with Crippen LogP contribution in [0, 0.1) is 17.8 Å². The van der Waals surface area contributed by atoms with Crippen LogP contribution in [0.25, 0.3) is 0 Å². The maximum absolute atomic E-state index is 13.2. The third-order valence-electron chi connectivity index (χ3n) is 3.06. The topological polar surface area (TPSA) is 0 Å². The van der Waals surface area contributed by atoms with Crippen molar-refractivity contribution < 1.29 is 8.78 Å². The Balaban J connectivity index is 2.60. The first-order valence-electron chi connectivity index (χ1n) is 5.02. The maximum atomic E-state index is 13.2. The molecule has 2 unspecified atom stereocenters. The highest BCUT2D eigenvalue weighted by Gasteiger charge is 2.41. The standard InChI is InChI=1S/C10H17BF2/c1-7(2)9-3-8(6-11)4-10(12,13)5-9/h7-9H,3-6H2,1-2H3. The van der Waals surface area contributed by atoms with Crippen molar-refractivity contribution in [3.05, 3.63) is 0 Å². The highest BCUT2D eigenvalue weighted by Crippen LogP contribution is 2.43. The van der Waals surface area contributed by atoms with E-state index in [1.165, 1.54) is 0 Å². The lowest BCUT2D eigenvalue weighted by atomic mass is 9.70. The van der Waals surface area contributed by atoms with Crippen LogP contribution in [0.5, 0.6) is 0 Å². The van der Waals surface area contributed by atoms with Gasteiger partial charge >= 0.3 is 0 Å². The average Bonchev–Trinajstić information content (AvgIpc) is 2.01. The van der Waals surface area contributed by atoms with Crippen molar-refractivity contribution in [1.82, 2.24) is 0 Å². The van der Waals surface area contributed by atoms with Crippen LogP contribution in [0.1, 0.15) is 33.1 Å². The van der Waals surface area contributed by atoms with E-state index < -0.39 is 5.92 Å². The van der Waals surface area contributed by atoms with E-state index in [0.717, 1.165) is 6.42 Å². The van der Waals surface area contributed by atoms with Crippen molar-refractivity contribution in [3.8, 4) is 0 Å². The first kappa shape index (κ1) is 11.0. The molecule has 3 heteroatoms. The fourth-order valence-corrected chi connectivity index (χ4v) is 2.17. The molecule has 2 radical (unpaired) electrons. The lowest BCUT2D eigenvalue weighted by Crippen LogP contribution is -2.33. The molecule has 0 N–H and O–H groups in total. The number of alkyl halides is 2. The van der Waals surface area contributed by atoms with Crippen molar-refractivity contribution in [2.45, 2.75) is 45.4 Å². The van der Waals surface area contributed by atoms with Gasteiger partial charge in [0.25, 0.3) is 0 Å². The molecule has 0 nitrogen and oxygen atoms in total. The number of hydrogen-bond acceptors (Lipinski definition) is 0. The zero-order valence-corrected chi connectivity index (χ0v) is 8.39. The van der Waals surface area contributed by atoms with Gasteiger partial charge in [-0.2, -0.15) is 0 Å². The Labute approximate surface area is 80.5 Å². The van der Waals surface area contributed by atoms with Gasteiger partial charge in [-0.25, -0.2) is 8.78 Å². The Morgan fingerprint density at radius 2 is 2.00 bits per heavy atom. The predicted molar refractivity (Wildman–Crippen MR) is 51.2 cm³/mol. The molecular weight excluding hydrogens is 169 g/mol. The van der Waals surface area contributed by atoms with Crippen LogP contribution in [-0.4, -0.2) is 13.8 Å². The van der Waals surface area contributed by atoms with Gasteiger partial charge in [0, 0.05) is 12.8 Å². The normalized spacial score (nSPS) is 33.6. The van der Waals surface area contributed by atoms with E-state index >= 15 is 0 Å². The summed E-state index contributed by atoms with van der Waals surface area (Å²) in [5, 5.41) is 0. The zero-order valence-electron chi connectivity index (χ0n) is 8.39. The van der Waals surface area contributed by atoms with E-state index in [1.54, 1.807) is 0 Å². The second kappa shape index (κ2) is 3.97. The van der Waals surface area contributed by atoms with Crippen LogP contribution >= 0.6 is 0 Å². The summed E-state index contributed by atoms with van der Waals surface area (Å²) < 4.78 is 26.4. The van der Waals surface area contributed by atoms with E-state index in [-0.39, 0.29) is 24.7 Å². The molecule has 1 aliphatic rings. The van der Waals surface area contributed by atoms with E-state index in [9.17, 15) is 8.78 Å². The van der Waals surface area contributed by atoms with Crippen molar-refractivity contribution in [3.63, 3.8) is 0 Å². The minimum absolute atomic E-state index is 0.00722. The highest BCUT2D eigenvalue weighted by atomic mass is 19.3. The lowest BCUT2D eigenvalue weighted by molar-refractivity contribution is -0.0764. The monoisotopic (exact) mass is 186 g/mol. The molecule has 1 saturated carbocycles. The summed E-state index contributed by atoms with van der Waals surface area (Å²) in [4.78, 5) is 0. The Bertz CT molecular complexity index is 168. The molecule has 1 rings (SSSR count). The maximum Gasteiger partial charge on any atom is 0.248 e. The van der Waals surface area contributed by atoms with Gasteiger partial charge in [0.05, 0.1) is 7.85 Å². The Hall–Kier alpha value is -0.0751. The number of rotatable bonds is 2. The summed E-state index contributed by atoms with van der Waals surface area (Å²) in [6.07, 6.45) is 1.33. The zero-order chi connectivity index (χ0) is 10.1. The fraction of sp³-hybridized carbons (Fsp3) is 1.00. The largest absolute Gasteiger partial charge is 0.248 e. The van der Waals surface area contributed by atoms with Gasteiger partial charge in [-0.3, -0.25) is 0 Å². The quantitative estimate of drug-likeness (QED) is 0.580. The van der Waals surface area contributed by atoms with Crippen molar-refractivity contribution >= 4 is 7.85 Å². The predicted octanol–water partition coefficient (Wildman–Crippen LogP) is 3.28. The summed E-state index contributed by atoms with van der Waals surface area (Å²) in [5.74, 6) is -1.95. The molecule has 0 saturated heterocycles. The van der Waals surface area contributed by atoms with E-state index in [2.05, 4.69) is 0 Å². The molecule has 0 bridgehead atoms. The van der Waals surface area contributed by atoms with Crippen LogP contribution in [-0.2, 0) is 0 Å². The Morgan fingerprint density at radius 1 is 1.38 bits per heavy atom. The first-order valence-corrected chi connectivity index (χ1v) is 5.02. The van der Waals surface area contributed by atoms with Gasteiger partial charge < -0.3 is 0 Å². The van der Waals surface area contributed by atoms with Crippen molar-refractivity contribution in [1.29, 1.82) is 0 Å². The molecule has 2 atom stereocenters. The second-order valence-corrected chi connectivity index (χ2v) is 4.61. The highest BCUT2D eigenvalue weighted by molar-refractivity contribution is 6.08. The lowest BCUT2D eigenvalue weighted by Gasteiger charge is -2.36. The average molecular weight is 186 g/mol. The summed E-state index contributed by atoms with van der Waals surface area (Å²) in [6.45, 7) is 4.03. The van der Waals surface area contributed by atoms with Crippen LogP contribution in [0.2, 0.25) is 6.32 Å². The fourth-order valence-electron chi connectivity index (χ4n) is 2.17. The van der Waals surface area contributed by atoms with E-state index in [1.807, 2.05) is 13.8 Å². The van der Waals surface area contributed by atoms with Gasteiger partial charge in [0.15, 0.2) is 0 Å². The Morgan fingerprint density at radius 3 is 2.46 bits per heavy atom. The van der Waals surface area contributed by atoms with Crippen LogP contribution < -0.4 is 0 Å². The van der Waals surface area contributed by atoms with Crippen LogP contribution in [0.3, 0.4) is 0 Å². The minimum atomic E-state index is -2.47. The van der Waals surface area contributed by atoms with Crippen LogP contribution in [0.15, 0.2) is 0 Å². The molecular formula is C10H17BF2. The number of halogens is 2. The van der Waals surface area contributed by atoms with E-state index in [4.69, 9.17) is 7.85 Å². The smallest absolute Gasteiger partial charge is 0.207 e. The summed E-state index contributed by atoms with van der Waals surface area (Å²) in [6, 6.07) is 0. The minimum Gasteiger partial charge on any atom is -0.207 e. The molecule has 74 valence electrons. The van der Waals surface area contributed by atoms with Gasteiger partial charge in [-0.1, -0.05) is 20.2 Å². The van der Waals surface area contributed by atoms with E-state index in [0.29, 0.717) is 12.2 Å². The molecule has 1 fully saturated rings.